The highest BCUT2D eigenvalue weighted by Gasteiger charge is 2.17. The van der Waals surface area contributed by atoms with Crippen LogP contribution in [0.5, 0.6) is 0 Å². The summed E-state index contributed by atoms with van der Waals surface area (Å²) in [5.74, 6) is -0.341. The Labute approximate surface area is 153 Å². The van der Waals surface area contributed by atoms with E-state index in [1.165, 1.54) is 11.3 Å². The van der Waals surface area contributed by atoms with E-state index in [1.807, 2.05) is 30.7 Å². The number of rotatable bonds is 4. The Morgan fingerprint density at radius 1 is 1.12 bits per heavy atom. The van der Waals surface area contributed by atoms with Crippen molar-refractivity contribution < 1.29 is 9.59 Å². The number of hydrogen-bond donors (Lipinski definition) is 2. The molecule has 0 radical (unpaired) electrons. The maximum absolute atomic E-state index is 12.6. The first-order valence-electron chi connectivity index (χ1n) is 7.63. The van der Waals surface area contributed by atoms with E-state index < -0.39 is 0 Å². The number of thiophene rings is 1. The molecule has 0 bridgehead atoms. The molecule has 0 unspecified atom stereocenters. The molecular formula is C18H17N3O2S2. The number of thiazole rings is 1. The molecule has 3 aromatic rings. The summed E-state index contributed by atoms with van der Waals surface area (Å²) in [6.07, 6.45) is 0. The van der Waals surface area contributed by atoms with Gasteiger partial charge in [0, 0.05) is 29.2 Å². The topological polar surface area (TPSA) is 71.1 Å². The van der Waals surface area contributed by atoms with Crippen molar-refractivity contribution >= 4 is 40.2 Å². The van der Waals surface area contributed by atoms with Crippen molar-refractivity contribution in [2.45, 2.75) is 13.8 Å². The van der Waals surface area contributed by atoms with Gasteiger partial charge in [0.05, 0.1) is 5.69 Å². The Kier molecular flexibility index (Phi) is 4.96. The van der Waals surface area contributed by atoms with E-state index in [-0.39, 0.29) is 11.8 Å². The quantitative estimate of drug-likeness (QED) is 0.725. The van der Waals surface area contributed by atoms with E-state index >= 15 is 0 Å². The number of carbonyl (C=O) groups is 2. The number of hydrogen-bond acceptors (Lipinski definition) is 5. The van der Waals surface area contributed by atoms with Crippen LogP contribution in [-0.2, 0) is 0 Å². The van der Waals surface area contributed by atoms with Crippen molar-refractivity contribution in [1.82, 2.24) is 10.3 Å². The molecule has 0 aliphatic heterocycles. The lowest BCUT2D eigenvalue weighted by Crippen LogP contribution is -2.18. The molecule has 25 heavy (non-hydrogen) atoms. The number of amides is 2. The summed E-state index contributed by atoms with van der Waals surface area (Å²) in [5, 5.41) is 10.3. The first-order chi connectivity index (χ1) is 12.0. The van der Waals surface area contributed by atoms with Crippen molar-refractivity contribution in [1.29, 1.82) is 0 Å². The summed E-state index contributed by atoms with van der Waals surface area (Å²) >= 11 is 2.98. The zero-order chi connectivity index (χ0) is 18.0. The van der Waals surface area contributed by atoms with Crippen LogP contribution >= 0.6 is 22.7 Å². The minimum Gasteiger partial charge on any atom is -0.355 e. The maximum Gasteiger partial charge on any atom is 0.267 e. The van der Waals surface area contributed by atoms with Crippen LogP contribution in [0.4, 0.5) is 5.69 Å². The molecule has 5 nitrogen and oxygen atoms in total. The molecule has 7 heteroatoms. The largest absolute Gasteiger partial charge is 0.355 e. The van der Waals surface area contributed by atoms with Gasteiger partial charge in [0.25, 0.3) is 11.8 Å². The third-order valence-corrected chi connectivity index (χ3v) is 5.62. The molecule has 0 aliphatic rings. The van der Waals surface area contributed by atoms with Gasteiger partial charge in [0.2, 0.25) is 0 Å². The van der Waals surface area contributed by atoms with Crippen LogP contribution in [0, 0.1) is 13.8 Å². The Morgan fingerprint density at radius 3 is 2.56 bits per heavy atom. The zero-order valence-corrected chi connectivity index (χ0v) is 15.7. The highest BCUT2D eigenvalue weighted by atomic mass is 32.1. The molecule has 0 aliphatic carbocycles. The normalized spacial score (nSPS) is 10.5. The minimum absolute atomic E-state index is 0.153. The molecule has 3 rings (SSSR count). The van der Waals surface area contributed by atoms with Gasteiger partial charge in [-0.3, -0.25) is 9.59 Å². The predicted molar refractivity (Wildman–Crippen MR) is 103 cm³/mol. The number of carbonyl (C=O) groups excluding carboxylic acids is 2. The third kappa shape index (κ3) is 3.62. The third-order valence-electron chi connectivity index (χ3n) is 3.73. The standard InChI is InChI=1S/C18H17N3O2S2/c1-10-8-12(16(22)19-3)4-5-14(10)21-17(23)15-11(2)20-18(25-15)13-6-7-24-9-13/h4-9H,1-3H3,(H,19,22)(H,21,23). The van der Waals surface area contributed by atoms with Crippen LogP contribution in [0.1, 0.15) is 31.3 Å². The molecule has 0 spiro atoms. The lowest BCUT2D eigenvalue weighted by atomic mass is 10.1. The molecule has 2 N–H and O–H groups in total. The Hall–Kier alpha value is -2.51. The molecule has 2 amide bonds. The molecular weight excluding hydrogens is 354 g/mol. The number of nitrogens with zero attached hydrogens (tertiary/aromatic N) is 1. The van der Waals surface area contributed by atoms with E-state index in [0.29, 0.717) is 21.8 Å². The van der Waals surface area contributed by atoms with E-state index in [0.717, 1.165) is 16.1 Å². The van der Waals surface area contributed by atoms with Crippen molar-refractivity contribution in [3.63, 3.8) is 0 Å². The smallest absolute Gasteiger partial charge is 0.267 e. The number of aryl methyl sites for hydroxylation is 2. The highest BCUT2D eigenvalue weighted by Crippen LogP contribution is 2.30. The second-order valence-electron chi connectivity index (χ2n) is 5.51. The maximum atomic E-state index is 12.6. The van der Waals surface area contributed by atoms with E-state index in [4.69, 9.17) is 0 Å². The van der Waals surface area contributed by atoms with Crippen LogP contribution in [0.3, 0.4) is 0 Å². The molecule has 1 aromatic carbocycles. The van der Waals surface area contributed by atoms with Crippen molar-refractivity contribution in [2.24, 2.45) is 0 Å². The van der Waals surface area contributed by atoms with Crippen LogP contribution < -0.4 is 10.6 Å². The lowest BCUT2D eigenvalue weighted by Gasteiger charge is -2.09. The number of aromatic nitrogens is 1. The monoisotopic (exact) mass is 371 g/mol. The first kappa shape index (κ1) is 17.3. The first-order valence-corrected chi connectivity index (χ1v) is 9.39. The second-order valence-corrected chi connectivity index (χ2v) is 7.29. The van der Waals surface area contributed by atoms with Crippen LogP contribution in [0.15, 0.2) is 35.0 Å². The van der Waals surface area contributed by atoms with Crippen molar-refractivity contribution in [3.8, 4) is 10.6 Å². The summed E-state index contributed by atoms with van der Waals surface area (Å²) < 4.78 is 0. The molecule has 2 aromatic heterocycles. The summed E-state index contributed by atoms with van der Waals surface area (Å²) in [7, 11) is 1.59. The Bertz CT molecular complexity index is 930. The average Bonchev–Trinajstić information content (AvgIpc) is 3.25. The van der Waals surface area contributed by atoms with Gasteiger partial charge in [-0.15, -0.1) is 11.3 Å². The molecule has 128 valence electrons. The van der Waals surface area contributed by atoms with Gasteiger partial charge in [0.1, 0.15) is 9.88 Å². The van der Waals surface area contributed by atoms with Gasteiger partial charge in [0.15, 0.2) is 0 Å². The van der Waals surface area contributed by atoms with Gasteiger partial charge in [-0.05, 0) is 49.1 Å². The van der Waals surface area contributed by atoms with Gasteiger partial charge < -0.3 is 10.6 Å². The second kappa shape index (κ2) is 7.16. The van der Waals surface area contributed by atoms with Gasteiger partial charge in [-0.2, -0.15) is 11.3 Å². The van der Waals surface area contributed by atoms with Crippen molar-refractivity contribution in [3.05, 3.63) is 56.7 Å². The summed E-state index contributed by atoms with van der Waals surface area (Å²) in [5.41, 5.74) is 3.82. The van der Waals surface area contributed by atoms with Crippen LogP contribution in [-0.4, -0.2) is 23.8 Å². The molecule has 0 saturated carbocycles. The van der Waals surface area contributed by atoms with Gasteiger partial charge >= 0.3 is 0 Å². The number of benzene rings is 1. The molecule has 0 atom stereocenters. The highest BCUT2D eigenvalue weighted by molar-refractivity contribution is 7.17. The minimum atomic E-state index is -0.188. The molecule has 0 saturated heterocycles. The Morgan fingerprint density at radius 2 is 1.92 bits per heavy atom. The fourth-order valence-electron chi connectivity index (χ4n) is 2.39. The number of nitrogens with one attached hydrogen (secondary N) is 2. The van der Waals surface area contributed by atoms with Crippen LogP contribution in [0.2, 0.25) is 0 Å². The summed E-state index contributed by atoms with van der Waals surface area (Å²) in [4.78, 5) is 29.4. The van der Waals surface area contributed by atoms with E-state index in [9.17, 15) is 9.59 Å². The van der Waals surface area contributed by atoms with E-state index in [1.54, 1.807) is 36.6 Å². The lowest BCUT2D eigenvalue weighted by molar-refractivity contribution is 0.0962. The summed E-state index contributed by atoms with van der Waals surface area (Å²) in [6, 6.07) is 7.18. The fraction of sp³-hybridized carbons (Fsp3) is 0.167. The SMILES string of the molecule is CNC(=O)c1ccc(NC(=O)c2sc(-c3ccsc3)nc2C)c(C)c1. The average molecular weight is 371 g/mol. The zero-order valence-electron chi connectivity index (χ0n) is 14.0. The Balaban J connectivity index is 1.82. The summed E-state index contributed by atoms with van der Waals surface area (Å²) in [6.45, 7) is 3.70. The van der Waals surface area contributed by atoms with Crippen LogP contribution in [0.25, 0.3) is 10.6 Å². The predicted octanol–water partition coefficient (Wildman–Crippen LogP) is 4.10. The van der Waals surface area contributed by atoms with Crippen molar-refractivity contribution in [2.75, 3.05) is 12.4 Å². The molecule has 2 heterocycles. The number of anilines is 1. The molecule has 0 fully saturated rings. The fourth-order valence-corrected chi connectivity index (χ4v) is 4.06. The van der Waals surface area contributed by atoms with Gasteiger partial charge in [-0.25, -0.2) is 4.98 Å². The van der Waals surface area contributed by atoms with E-state index in [2.05, 4.69) is 15.6 Å². The van der Waals surface area contributed by atoms with Gasteiger partial charge in [-0.1, -0.05) is 0 Å².